The lowest BCUT2D eigenvalue weighted by atomic mass is 10.1. The second-order valence-electron chi connectivity index (χ2n) is 6.30. The highest BCUT2D eigenvalue weighted by atomic mass is 16.2. The minimum atomic E-state index is -0.221. The standard InChI is InChI=1S/C22H22N4O2/c1-16(27)25-19-7-9-20(10-8-19)26-22(28)18-12-14-24-21(15-18)23-13-11-17-5-3-2-4-6-17/h2-10,12,14-15H,11,13H2,1H3,(H,23,24)(H,25,27)(H,26,28). The molecule has 3 N–H and O–H groups in total. The molecule has 0 aliphatic heterocycles. The molecule has 0 atom stereocenters. The van der Waals surface area contributed by atoms with Gasteiger partial charge in [-0.2, -0.15) is 0 Å². The summed E-state index contributed by atoms with van der Waals surface area (Å²) in [6, 6.07) is 20.5. The smallest absolute Gasteiger partial charge is 0.255 e. The predicted molar refractivity (Wildman–Crippen MR) is 112 cm³/mol. The van der Waals surface area contributed by atoms with Crippen molar-refractivity contribution in [3.8, 4) is 0 Å². The van der Waals surface area contributed by atoms with Crippen molar-refractivity contribution in [2.24, 2.45) is 0 Å². The maximum atomic E-state index is 12.5. The van der Waals surface area contributed by atoms with E-state index in [2.05, 4.69) is 33.1 Å². The number of carbonyl (C=O) groups is 2. The Kier molecular flexibility index (Phi) is 6.36. The van der Waals surface area contributed by atoms with Gasteiger partial charge < -0.3 is 16.0 Å². The van der Waals surface area contributed by atoms with Gasteiger partial charge in [-0.3, -0.25) is 9.59 Å². The Morgan fingerprint density at radius 3 is 2.25 bits per heavy atom. The number of rotatable bonds is 7. The molecule has 3 rings (SSSR count). The SMILES string of the molecule is CC(=O)Nc1ccc(NC(=O)c2ccnc(NCCc3ccccc3)c2)cc1. The van der Waals surface area contributed by atoms with Gasteiger partial charge in [0.05, 0.1) is 0 Å². The molecule has 2 amide bonds. The predicted octanol–water partition coefficient (Wildman–Crippen LogP) is 3.95. The molecule has 0 radical (unpaired) electrons. The van der Waals surface area contributed by atoms with Gasteiger partial charge in [-0.15, -0.1) is 0 Å². The van der Waals surface area contributed by atoms with E-state index >= 15 is 0 Å². The van der Waals surface area contributed by atoms with Gasteiger partial charge in [0.1, 0.15) is 5.82 Å². The van der Waals surface area contributed by atoms with Crippen molar-refractivity contribution in [1.82, 2.24) is 4.98 Å². The van der Waals surface area contributed by atoms with Gasteiger partial charge in [-0.05, 0) is 48.4 Å². The summed E-state index contributed by atoms with van der Waals surface area (Å²) < 4.78 is 0. The molecule has 0 saturated carbocycles. The number of pyridine rings is 1. The van der Waals surface area contributed by atoms with Gasteiger partial charge in [-0.1, -0.05) is 30.3 Å². The first-order chi connectivity index (χ1) is 13.6. The van der Waals surface area contributed by atoms with Crippen LogP contribution in [0, 0.1) is 0 Å². The molecule has 6 heteroatoms. The summed E-state index contributed by atoms with van der Waals surface area (Å²) in [5, 5.41) is 8.77. The zero-order chi connectivity index (χ0) is 19.8. The van der Waals surface area contributed by atoms with Crippen molar-refractivity contribution in [2.75, 3.05) is 22.5 Å². The highest BCUT2D eigenvalue weighted by Crippen LogP contribution is 2.15. The Hall–Kier alpha value is -3.67. The van der Waals surface area contributed by atoms with Crippen LogP contribution in [-0.2, 0) is 11.2 Å². The third-order valence-electron chi connectivity index (χ3n) is 4.05. The van der Waals surface area contributed by atoms with E-state index in [0.717, 1.165) is 13.0 Å². The van der Waals surface area contributed by atoms with Gasteiger partial charge in [-0.25, -0.2) is 4.98 Å². The van der Waals surface area contributed by atoms with Crippen LogP contribution in [0.5, 0.6) is 0 Å². The number of aromatic nitrogens is 1. The van der Waals surface area contributed by atoms with Crippen LogP contribution >= 0.6 is 0 Å². The monoisotopic (exact) mass is 374 g/mol. The van der Waals surface area contributed by atoms with Crippen LogP contribution in [0.1, 0.15) is 22.8 Å². The quantitative estimate of drug-likeness (QED) is 0.585. The van der Waals surface area contributed by atoms with E-state index in [-0.39, 0.29) is 11.8 Å². The number of nitrogens with one attached hydrogen (secondary N) is 3. The molecule has 2 aromatic carbocycles. The molecule has 0 spiro atoms. The lowest BCUT2D eigenvalue weighted by molar-refractivity contribution is -0.114. The van der Waals surface area contributed by atoms with Crippen molar-refractivity contribution < 1.29 is 9.59 Å². The first kappa shape index (κ1) is 19.1. The molecule has 0 bridgehead atoms. The molecule has 0 saturated heterocycles. The summed E-state index contributed by atoms with van der Waals surface area (Å²) in [7, 11) is 0. The summed E-state index contributed by atoms with van der Waals surface area (Å²) in [6.07, 6.45) is 2.49. The largest absolute Gasteiger partial charge is 0.370 e. The van der Waals surface area contributed by atoms with Gasteiger partial charge in [0.2, 0.25) is 5.91 Å². The number of carbonyl (C=O) groups excluding carboxylic acids is 2. The Bertz CT molecular complexity index is 940. The fraction of sp³-hybridized carbons (Fsp3) is 0.136. The maximum absolute atomic E-state index is 12.5. The molecule has 1 aromatic heterocycles. The molecule has 6 nitrogen and oxygen atoms in total. The number of amides is 2. The fourth-order valence-electron chi connectivity index (χ4n) is 2.69. The molecule has 142 valence electrons. The summed E-state index contributed by atoms with van der Waals surface area (Å²) in [4.78, 5) is 27.8. The maximum Gasteiger partial charge on any atom is 0.255 e. The summed E-state index contributed by atoms with van der Waals surface area (Å²) >= 11 is 0. The van der Waals surface area contributed by atoms with E-state index in [1.807, 2.05) is 18.2 Å². The topological polar surface area (TPSA) is 83.1 Å². The first-order valence-electron chi connectivity index (χ1n) is 9.03. The van der Waals surface area contributed by atoms with Crippen molar-refractivity contribution in [3.63, 3.8) is 0 Å². The van der Waals surface area contributed by atoms with E-state index in [1.165, 1.54) is 12.5 Å². The average molecular weight is 374 g/mol. The lowest BCUT2D eigenvalue weighted by Gasteiger charge is -2.09. The second kappa shape index (κ2) is 9.32. The molecule has 3 aromatic rings. The van der Waals surface area contributed by atoms with Gasteiger partial charge in [0.15, 0.2) is 0 Å². The highest BCUT2D eigenvalue weighted by Gasteiger charge is 2.08. The number of hydrogen-bond acceptors (Lipinski definition) is 4. The van der Waals surface area contributed by atoms with Crippen LogP contribution in [0.15, 0.2) is 72.9 Å². The highest BCUT2D eigenvalue weighted by molar-refractivity contribution is 6.04. The average Bonchev–Trinajstić information content (AvgIpc) is 2.70. The van der Waals surface area contributed by atoms with E-state index in [1.54, 1.807) is 42.6 Å². The number of hydrogen-bond donors (Lipinski definition) is 3. The summed E-state index contributed by atoms with van der Waals surface area (Å²) in [5.74, 6) is 0.297. The minimum absolute atomic E-state index is 0.138. The molecule has 0 unspecified atom stereocenters. The van der Waals surface area contributed by atoms with Crippen molar-refractivity contribution in [3.05, 3.63) is 84.1 Å². The van der Waals surface area contributed by atoms with Crippen LogP contribution in [-0.4, -0.2) is 23.3 Å². The zero-order valence-corrected chi connectivity index (χ0v) is 15.6. The Labute approximate surface area is 164 Å². The minimum Gasteiger partial charge on any atom is -0.370 e. The Morgan fingerprint density at radius 2 is 1.57 bits per heavy atom. The van der Waals surface area contributed by atoms with Crippen molar-refractivity contribution in [2.45, 2.75) is 13.3 Å². The van der Waals surface area contributed by atoms with Gasteiger partial charge >= 0.3 is 0 Å². The molecule has 0 aliphatic carbocycles. The second-order valence-corrected chi connectivity index (χ2v) is 6.30. The normalized spacial score (nSPS) is 10.2. The molecule has 0 fully saturated rings. The number of nitrogens with zero attached hydrogens (tertiary/aromatic N) is 1. The Balaban J connectivity index is 1.56. The fourth-order valence-corrected chi connectivity index (χ4v) is 2.69. The van der Waals surface area contributed by atoms with Crippen LogP contribution < -0.4 is 16.0 Å². The molecule has 1 heterocycles. The number of anilines is 3. The zero-order valence-electron chi connectivity index (χ0n) is 15.6. The van der Waals surface area contributed by atoms with E-state index in [4.69, 9.17) is 0 Å². The molecule has 28 heavy (non-hydrogen) atoms. The number of benzene rings is 2. The van der Waals surface area contributed by atoms with E-state index in [0.29, 0.717) is 22.8 Å². The Morgan fingerprint density at radius 1 is 0.893 bits per heavy atom. The summed E-state index contributed by atoms with van der Waals surface area (Å²) in [5.41, 5.74) is 3.09. The molecule has 0 aliphatic rings. The van der Waals surface area contributed by atoms with Crippen LogP contribution in [0.2, 0.25) is 0 Å². The van der Waals surface area contributed by atoms with Crippen molar-refractivity contribution in [1.29, 1.82) is 0 Å². The third kappa shape index (κ3) is 5.67. The summed E-state index contributed by atoms with van der Waals surface area (Å²) in [6.45, 7) is 2.18. The first-order valence-corrected chi connectivity index (χ1v) is 9.03. The van der Waals surface area contributed by atoms with Crippen LogP contribution in [0.3, 0.4) is 0 Å². The lowest BCUT2D eigenvalue weighted by Crippen LogP contribution is -2.13. The van der Waals surface area contributed by atoms with Crippen molar-refractivity contribution >= 4 is 29.0 Å². The third-order valence-corrected chi connectivity index (χ3v) is 4.05. The van der Waals surface area contributed by atoms with Gasteiger partial charge in [0, 0.05) is 36.6 Å². The van der Waals surface area contributed by atoms with E-state index < -0.39 is 0 Å². The van der Waals surface area contributed by atoms with Crippen LogP contribution in [0.4, 0.5) is 17.2 Å². The molecular formula is C22H22N4O2. The molecular weight excluding hydrogens is 352 g/mol. The van der Waals surface area contributed by atoms with E-state index in [9.17, 15) is 9.59 Å². The van der Waals surface area contributed by atoms with Crippen LogP contribution in [0.25, 0.3) is 0 Å². The van der Waals surface area contributed by atoms with Gasteiger partial charge in [0.25, 0.3) is 5.91 Å².